The Morgan fingerprint density at radius 2 is 2.14 bits per heavy atom. The van der Waals surface area contributed by atoms with Gasteiger partial charge in [0.1, 0.15) is 5.82 Å². The number of hydrogen-bond acceptors (Lipinski definition) is 4. The highest BCUT2D eigenvalue weighted by Gasteiger charge is 2.08. The van der Waals surface area contributed by atoms with Crippen molar-refractivity contribution < 1.29 is 4.39 Å². The van der Waals surface area contributed by atoms with Gasteiger partial charge in [0.15, 0.2) is 4.47 Å². The molecule has 0 unspecified atom stereocenters. The van der Waals surface area contributed by atoms with E-state index in [1.165, 1.54) is 29.7 Å². The maximum absolute atomic E-state index is 13.5. The van der Waals surface area contributed by atoms with Gasteiger partial charge in [-0.3, -0.25) is 0 Å². The van der Waals surface area contributed by atoms with Crippen LogP contribution in [0, 0.1) is 5.82 Å². The highest BCUT2D eigenvalue weighted by Crippen LogP contribution is 2.24. The van der Waals surface area contributed by atoms with Crippen molar-refractivity contribution in [3.63, 3.8) is 0 Å². The van der Waals surface area contributed by atoms with Crippen molar-refractivity contribution in [2.24, 2.45) is 0 Å². The Morgan fingerprint density at radius 1 is 1.29 bits per heavy atom. The second kappa shape index (κ2) is 6.01. The summed E-state index contributed by atoms with van der Waals surface area (Å²) in [6.07, 6.45) is 4.87. The van der Waals surface area contributed by atoms with E-state index in [4.69, 9.17) is 23.2 Å². The van der Waals surface area contributed by atoms with Gasteiger partial charge in [-0.1, -0.05) is 23.2 Å². The fourth-order valence-electron chi connectivity index (χ4n) is 1.83. The summed E-state index contributed by atoms with van der Waals surface area (Å²) in [4.78, 5) is 4.92. The SMILES string of the molecule is Fc1ccc(-n2cc(Cl)cn2)c(NCc2cnc(Cl)s2)c1. The Balaban J connectivity index is 1.88. The number of aromatic nitrogens is 3. The van der Waals surface area contributed by atoms with Gasteiger partial charge in [0.2, 0.25) is 0 Å². The summed E-state index contributed by atoms with van der Waals surface area (Å²) in [5.74, 6) is -0.332. The van der Waals surface area contributed by atoms with Crippen LogP contribution in [0.25, 0.3) is 5.69 Å². The van der Waals surface area contributed by atoms with Gasteiger partial charge >= 0.3 is 0 Å². The Kier molecular flexibility index (Phi) is 4.10. The maximum atomic E-state index is 13.5. The molecule has 0 aliphatic carbocycles. The predicted molar refractivity (Wildman–Crippen MR) is 83.0 cm³/mol. The molecule has 1 aromatic carbocycles. The molecule has 0 fully saturated rings. The summed E-state index contributed by atoms with van der Waals surface area (Å²) in [5, 5.41) is 7.80. The van der Waals surface area contributed by atoms with E-state index in [-0.39, 0.29) is 5.82 Å². The van der Waals surface area contributed by atoms with Crippen molar-refractivity contribution >= 4 is 40.2 Å². The first-order valence-corrected chi connectivity index (χ1v) is 7.53. The number of benzene rings is 1. The van der Waals surface area contributed by atoms with Crippen molar-refractivity contribution in [1.82, 2.24) is 14.8 Å². The van der Waals surface area contributed by atoms with E-state index in [0.717, 1.165) is 4.88 Å². The number of thiazole rings is 1. The van der Waals surface area contributed by atoms with E-state index in [2.05, 4.69) is 15.4 Å². The van der Waals surface area contributed by atoms with Gasteiger partial charge in [-0.25, -0.2) is 14.1 Å². The van der Waals surface area contributed by atoms with Crippen LogP contribution in [-0.2, 0) is 6.54 Å². The number of rotatable bonds is 4. The number of nitrogens with one attached hydrogen (secondary N) is 1. The zero-order valence-electron chi connectivity index (χ0n) is 10.6. The molecule has 0 saturated carbocycles. The molecule has 2 aromatic heterocycles. The Morgan fingerprint density at radius 3 is 2.81 bits per heavy atom. The summed E-state index contributed by atoms with van der Waals surface area (Å²) in [7, 11) is 0. The zero-order chi connectivity index (χ0) is 14.8. The average molecular weight is 343 g/mol. The van der Waals surface area contributed by atoms with Crippen LogP contribution in [0.1, 0.15) is 4.88 Å². The summed E-state index contributed by atoms with van der Waals surface area (Å²) in [6, 6.07) is 4.42. The first kappa shape index (κ1) is 14.3. The van der Waals surface area contributed by atoms with E-state index in [9.17, 15) is 4.39 Å². The summed E-state index contributed by atoms with van der Waals surface area (Å²) < 4.78 is 15.5. The molecular weight excluding hydrogens is 334 g/mol. The molecule has 108 valence electrons. The van der Waals surface area contributed by atoms with Gasteiger partial charge in [0.25, 0.3) is 0 Å². The molecule has 4 nitrogen and oxygen atoms in total. The Labute approximate surface area is 134 Å². The first-order chi connectivity index (χ1) is 10.1. The molecule has 0 saturated heterocycles. The van der Waals surface area contributed by atoms with E-state index < -0.39 is 0 Å². The van der Waals surface area contributed by atoms with Gasteiger partial charge in [-0.2, -0.15) is 5.10 Å². The third-order valence-corrected chi connectivity index (χ3v) is 4.04. The zero-order valence-corrected chi connectivity index (χ0v) is 12.9. The van der Waals surface area contributed by atoms with Crippen molar-refractivity contribution in [3.05, 3.63) is 57.0 Å². The maximum Gasteiger partial charge on any atom is 0.183 e. The van der Waals surface area contributed by atoms with Gasteiger partial charge < -0.3 is 5.32 Å². The molecule has 0 aliphatic heterocycles. The third-order valence-electron chi connectivity index (χ3n) is 2.73. The molecule has 0 atom stereocenters. The highest BCUT2D eigenvalue weighted by molar-refractivity contribution is 7.15. The predicted octanol–water partition coefficient (Wildman–Crippen LogP) is 4.39. The largest absolute Gasteiger partial charge is 0.378 e. The molecule has 2 heterocycles. The minimum atomic E-state index is -0.332. The quantitative estimate of drug-likeness (QED) is 0.764. The lowest BCUT2D eigenvalue weighted by molar-refractivity contribution is 0.627. The number of halogens is 3. The second-order valence-corrected chi connectivity index (χ2v) is 6.33. The average Bonchev–Trinajstić information content (AvgIpc) is 3.05. The van der Waals surface area contributed by atoms with Crippen LogP contribution < -0.4 is 5.32 Å². The van der Waals surface area contributed by atoms with Crippen LogP contribution in [0.2, 0.25) is 9.49 Å². The van der Waals surface area contributed by atoms with E-state index >= 15 is 0 Å². The first-order valence-electron chi connectivity index (χ1n) is 5.96. The minimum absolute atomic E-state index is 0.332. The fourth-order valence-corrected chi connectivity index (χ4v) is 2.88. The summed E-state index contributed by atoms with van der Waals surface area (Å²) >= 11 is 13.0. The molecule has 0 spiro atoms. The smallest absolute Gasteiger partial charge is 0.183 e. The van der Waals surface area contributed by atoms with Crippen molar-refractivity contribution in [2.45, 2.75) is 6.54 Å². The molecule has 0 aliphatic rings. The van der Waals surface area contributed by atoms with Crippen LogP contribution in [0.4, 0.5) is 10.1 Å². The van der Waals surface area contributed by atoms with Crippen molar-refractivity contribution in [1.29, 1.82) is 0 Å². The Bertz CT molecular complexity index is 771. The Hall–Kier alpha value is -1.63. The van der Waals surface area contributed by atoms with Gasteiger partial charge in [-0.05, 0) is 18.2 Å². The van der Waals surface area contributed by atoms with E-state index in [1.807, 2.05) is 0 Å². The van der Waals surface area contributed by atoms with Gasteiger partial charge in [-0.15, -0.1) is 11.3 Å². The van der Waals surface area contributed by atoms with Crippen LogP contribution in [0.15, 0.2) is 36.8 Å². The number of hydrogen-bond donors (Lipinski definition) is 1. The van der Waals surface area contributed by atoms with Crippen LogP contribution in [-0.4, -0.2) is 14.8 Å². The van der Waals surface area contributed by atoms with Crippen LogP contribution in [0.3, 0.4) is 0 Å². The lowest BCUT2D eigenvalue weighted by Gasteiger charge is -2.11. The minimum Gasteiger partial charge on any atom is -0.378 e. The molecule has 1 N–H and O–H groups in total. The van der Waals surface area contributed by atoms with Crippen molar-refractivity contribution in [2.75, 3.05) is 5.32 Å². The van der Waals surface area contributed by atoms with Crippen LogP contribution in [0.5, 0.6) is 0 Å². The normalized spacial score (nSPS) is 10.8. The molecule has 3 aromatic rings. The number of nitrogens with zero attached hydrogens (tertiary/aromatic N) is 3. The number of anilines is 1. The molecular formula is C13H9Cl2FN4S. The highest BCUT2D eigenvalue weighted by atomic mass is 35.5. The molecule has 8 heteroatoms. The molecule has 3 rings (SSSR count). The fraction of sp³-hybridized carbons (Fsp3) is 0.0769. The second-order valence-electron chi connectivity index (χ2n) is 4.20. The monoisotopic (exact) mass is 342 g/mol. The lowest BCUT2D eigenvalue weighted by Crippen LogP contribution is -2.04. The molecule has 21 heavy (non-hydrogen) atoms. The van der Waals surface area contributed by atoms with Gasteiger partial charge in [0.05, 0.1) is 29.1 Å². The van der Waals surface area contributed by atoms with Crippen molar-refractivity contribution in [3.8, 4) is 5.69 Å². The standard InChI is InChI=1S/C13H9Cl2FN4S/c14-8-4-19-20(7-8)12-2-1-9(16)3-11(12)17-5-10-6-18-13(15)21-10/h1-4,6-7,17H,5H2. The summed E-state index contributed by atoms with van der Waals surface area (Å²) in [6.45, 7) is 0.496. The van der Waals surface area contributed by atoms with Gasteiger partial charge in [0, 0.05) is 17.3 Å². The molecule has 0 radical (unpaired) electrons. The topological polar surface area (TPSA) is 42.7 Å². The summed E-state index contributed by atoms with van der Waals surface area (Å²) in [5.41, 5.74) is 1.32. The third kappa shape index (κ3) is 3.34. The molecule has 0 amide bonds. The van der Waals surface area contributed by atoms with E-state index in [1.54, 1.807) is 23.1 Å². The lowest BCUT2D eigenvalue weighted by atomic mass is 10.2. The van der Waals surface area contributed by atoms with Crippen LogP contribution >= 0.6 is 34.5 Å². The molecule has 0 bridgehead atoms. The van der Waals surface area contributed by atoms with E-state index in [0.29, 0.717) is 27.4 Å².